The molecule has 0 unspecified atom stereocenters. The fraction of sp³-hybridized carbons (Fsp3) is 0.778. The van der Waals surface area contributed by atoms with Crippen molar-refractivity contribution >= 4 is 19.4 Å². The van der Waals surface area contributed by atoms with Crippen LogP contribution in [0.1, 0.15) is 41.0 Å². The summed E-state index contributed by atoms with van der Waals surface area (Å²) in [7, 11) is -0.820. The third-order valence-electron chi connectivity index (χ3n) is 4.13. The van der Waals surface area contributed by atoms with Gasteiger partial charge < -0.3 is 14.6 Å². The number of rotatable bonds is 12. The summed E-state index contributed by atoms with van der Waals surface area (Å²) in [6.45, 7) is 8.94. The summed E-state index contributed by atoms with van der Waals surface area (Å²) in [6, 6.07) is -1.58. The Hall–Kier alpha value is -1.21. The van der Waals surface area contributed by atoms with Crippen molar-refractivity contribution in [2.45, 2.75) is 53.1 Å². The van der Waals surface area contributed by atoms with Crippen molar-refractivity contribution in [3.05, 3.63) is 11.6 Å². The van der Waals surface area contributed by atoms with E-state index >= 15 is 0 Å². The quantitative estimate of drug-likeness (QED) is 0.256. The zero-order chi connectivity index (χ0) is 21.2. The van der Waals surface area contributed by atoms with Crippen molar-refractivity contribution in [3.8, 4) is 0 Å². The van der Waals surface area contributed by atoms with E-state index in [2.05, 4.69) is 10.2 Å². The van der Waals surface area contributed by atoms with Gasteiger partial charge in [0.2, 0.25) is 7.44 Å². The van der Waals surface area contributed by atoms with Gasteiger partial charge in [-0.25, -0.2) is 10.2 Å². The first-order valence-corrected chi connectivity index (χ1v) is 11.0. The highest BCUT2D eigenvalue weighted by atomic mass is 31.2. The fourth-order valence-corrected chi connectivity index (χ4v) is 4.91. The lowest BCUT2D eigenvalue weighted by molar-refractivity contribution is -0.144. The van der Waals surface area contributed by atoms with Crippen LogP contribution in [0.15, 0.2) is 11.6 Å². The van der Waals surface area contributed by atoms with E-state index in [1.54, 1.807) is 13.0 Å². The van der Waals surface area contributed by atoms with E-state index in [0.29, 0.717) is 6.42 Å². The van der Waals surface area contributed by atoms with Gasteiger partial charge in [-0.15, -0.1) is 0 Å². The molecule has 0 radical (unpaired) electrons. The van der Waals surface area contributed by atoms with Crippen molar-refractivity contribution in [2.24, 2.45) is 11.8 Å². The molecule has 158 valence electrons. The van der Waals surface area contributed by atoms with Crippen LogP contribution < -0.4 is 10.2 Å². The molecule has 27 heavy (non-hydrogen) atoms. The highest BCUT2D eigenvalue weighted by molar-refractivity contribution is 7.59. The number of hydrogen-bond donors (Lipinski definition) is 3. The minimum Gasteiger partial charge on any atom is -0.468 e. The molecule has 9 heteroatoms. The van der Waals surface area contributed by atoms with Crippen LogP contribution in [0.25, 0.3) is 0 Å². The van der Waals surface area contributed by atoms with E-state index in [1.165, 1.54) is 14.2 Å². The minimum absolute atomic E-state index is 0.0846. The first-order valence-electron chi connectivity index (χ1n) is 9.08. The van der Waals surface area contributed by atoms with Crippen molar-refractivity contribution < 1.29 is 28.7 Å². The number of aliphatic hydroxyl groups is 1. The lowest BCUT2D eigenvalue weighted by Crippen LogP contribution is -2.48. The van der Waals surface area contributed by atoms with Crippen LogP contribution in [-0.2, 0) is 23.6 Å². The number of ether oxygens (including phenoxy) is 2. The highest BCUT2D eigenvalue weighted by Gasteiger charge is 2.36. The van der Waals surface area contributed by atoms with Crippen LogP contribution in [0.4, 0.5) is 0 Å². The maximum absolute atomic E-state index is 13.6. The molecule has 2 atom stereocenters. The molecule has 0 aromatic heterocycles. The van der Waals surface area contributed by atoms with E-state index in [-0.39, 0.29) is 24.6 Å². The first kappa shape index (κ1) is 25.8. The van der Waals surface area contributed by atoms with Gasteiger partial charge in [-0.2, -0.15) is 0 Å². The van der Waals surface area contributed by atoms with Gasteiger partial charge in [0.15, 0.2) is 0 Å². The van der Waals surface area contributed by atoms with Crippen molar-refractivity contribution in [3.63, 3.8) is 0 Å². The van der Waals surface area contributed by atoms with Crippen LogP contribution in [0, 0.1) is 11.8 Å². The number of hydrogen-bond acceptors (Lipinski definition) is 6. The summed E-state index contributed by atoms with van der Waals surface area (Å²) in [5, 5.41) is 14.9. The Bertz CT molecular complexity index is 528. The van der Waals surface area contributed by atoms with Gasteiger partial charge in [-0.3, -0.25) is 14.2 Å². The number of nitrogens with one attached hydrogen (secondary N) is 2. The molecular weight excluding hydrogens is 371 g/mol. The Morgan fingerprint density at radius 3 is 1.70 bits per heavy atom. The molecule has 0 amide bonds. The summed E-state index contributed by atoms with van der Waals surface area (Å²) in [5.41, 5.74) is 0.753. The molecule has 3 N–H and O–H groups in total. The fourth-order valence-electron chi connectivity index (χ4n) is 2.37. The highest BCUT2D eigenvalue weighted by Crippen LogP contribution is 2.40. The number of methoxy groups -OCH3 is 2. The van der Waals surface area contributed by atoms with Gasteiger partial charge in [0.1, 0.15) is 12.1 Å². The molecule has 0 aliphatic rings. The zero-order valence-corrected chi connectivity index (χ0v) is 18.3. The van der Waals surface area contributed by atoms with Gasteiger partial charge in [0.05, 0.1) is 20.8 Å². The van der Waals surface area contributed by atoms with Crippen molar-refractivity contribution in [1.29, 1.82) is 0 Å². The maximum atomic E-state index is 13.6. The summed E-state index contributed by atoms with van der Waals surface area (Å²) in [6.07, 6.45) is 2.34. The van der Waals surface area contributed by atoms with Gasteiger partial charge in [0.25, 0.3) is 0 Å². The van der Waals surface area contributed by atoms with Crippen LogP contribution in [0.2, 0.25) is 0 Å². The second-order valence-corrected chi connectivity index (χ2v) is 9.65. The second-order valence-electron chi connectivity index (χ2n) is 7.21. The monoisotopic (exact) mass is 406 g/mol. The van der Waals surface area contributed by atoms with E-state index in [0.717, 1.165) is 5.57 Å². The Balaban J connectivity index is 5.67. The predicted molar refractivity (Wildman–Crippen MR) is 105 cm³/mol. The first-order chi connectivity index (χ1) is 12.5. The third-order valence-corrected chi connectivity index (χ3v) is 6.40. The largest absolute Gasteiger partial charge is 0.468 e. The van der Waals surface area contributed by atoms with Crippen LogP contribution in [0.5, 0.6) is 0 Å². The zero-order valence-electron chi connectivity index (χ0n) is 17.4. The van der Waals surface area contributed by atoms with E-state index in [1.807, 2.05) is 27.7 Å². The van der Waals surface area contributed by atoms with Gasteiger partial charge in [-0.1, -0.05) is 39.3 Å². The number of carbonyl (C=O) groups is 2. The SMILES string of the molecule is COC(=O)[C@@H](NP(=O)(CC/C=C(\C)CO)N[C@H](C(=O)OC)C(C)C)C(C)C. The summed E-state index contributed by atoms with van der Waals surface area (Å²) < 4.78 is 23.3. The molecule has 0 aliphatic carbocycles. The topological polar surface area (TPSA) is 114 Å². The lowest BCUT2D eigenvalue weighted by atomic mass is 10.1. The van der Waals surface area contributed by atoms with Crippen molar-refractivity contribution in [1.82, 2.24) is 10.2 Å². The van der Waals surface area contributed by atoms with E-state index < -0.39 is 31.5 Å². The molecule has 0 saturated heterocycles. The number of allylic oxidation sites excluding steroid dienone is 1. The molecule has 0 bridgehead atoms. The molecule has 0 aromatic carbocycles. The van der Waals surface area contributed by atoms with Gasteiger partial charge >= 0.3 is 11.9 Å². The lowest BCUT2D eigenvalue weighted by Gasteiger charge is -2.31. The molecule has 8 nitrogen and oxygen atoms in total. The average Bonchev–Trinajstić information content (AvgIpc) is 2.62. The molecular formula is C18H35N2O6P. The molecule has 0 aromatic rings. The van der Waals surface area contributed by atoms with Crippen LogP contribution in [0.3, 0.4) is 0 Å². The predicted octanol–water partition coefficient (Wildman–Crippen LogP) is 2.08. The summed E-state index contributed by atoms with van der Waals surface area (Å²) in [4.78, 5) is 24.2. The molecule has 0 saturated carbocycles. The molecule has 0 rings (SSSR count). The van der Waals surface area contributed by atoms with Crippen LogP contribution >= 0.6 is 7.44 Å². The van der Waals surface area contributed by atoms with Gasteiger partial charge in [-0.05, 0) is 25.2 Å². The van der Waals surface area contributed by atoms with E-state index in [9.17, 15) is 14.2 Å². The smallest absolute Gasteiger partial charge is 0.323 e. The van der Waals surface area contributed by atoms with E-state index in [4.69, 9.17) is 14.6 Å². The summed E-state index contributed by atoms with van der Waals surface area (Å²) >= 11 is 0. The minimum atomic E-state index is -3.37. The summed E-state index contributed by atoms with van der Waals surface area (Å²) in [5.74, 6) is -1.38. The average molecular weight is 406 g/mol. The van der Waals surface area contributed by atoms with Gasteiger partial charge in [0, 0.05) is 6.16 Å². The normalized spacial score (nSPS) is 15.0. The molecule has 0 fully saturated rings. The molecule has 0 aliphatic heterocycles. The standard InChI is InChI=1S/C18H35N2O6P/c1-12(2)15(17(22)25-6)19-27(24,10-8-9-14(5)11-21)20-16(13(3)4)18(23)26-7/h9,12-13,15-16,21H,8,10-11H2,1-7H3,(H2,19,20,24)/b14-9+/t15-,16-/m0/s1. The molecule has 0 heterocycles. The number of esters is 2. The Morgan fingerprint density at radius 2 is 1.41 bits per heavy atom. The molecule has 0 spiro atoms. The third kappa shape index (κ3) is 9.02. The maximum Gasteiger partial charge on any atom is 0.323 e. The van der Waals surface area contributed by atoms with Crippen LogP contribution in [-0.4, -0.2) is 56.1 Å². The Morgan fingerprint density at radius 1 is 1.00 bits per heavy atom. The number of carbonyl (C=O) groups excluding carboxylic acids is 2. The Labute approximate surface area is 162 Å². The second kappa shape index (κ2) is 12.3. The van der Waals surface area contributed by atoms with Crippen molar-refractivity contribution in [2.75, 3.05) is 27.0 Å². The Kier molecular flexibility index (Phi) is 11.7. The number of aliphatic hydroxyl groups excluding tert-OH is 1.